The number of nitrogens with zero attached hydrogens (tertiary/aromatic N) is 1. The Morgan fingerprint density at radius 1 is 1.20 bits per heavy atom. The minimum atomic E-state index is -1.96. The summed E-state index contributed by atoms with van der Waals surface area (Å²) in [5.41, 5.74) is 3.71. The van der Waals surface area contributed by atoms with Gasteiger partial charge in [-0.3, -0.25) is 34.0 Å². The molecule has 3 aliphatic heterocycles. The van der Waals surface area contributed by atoms with Gasteiger partial charge in [-0.1, -0.05) is 0 Å². The fraction of sp³-hybridized carbons (Fsp3) is 0.609. The molecule has 1 aromatic heterocycles. The SMILES string of the molecule is CC1CCCC(NC(=O)C2=CC(O)C(O)C(OC(C(N)=O)C3OC(n4ccc(=O)[nH]c4=O)C(O)C3OO)O2)C(=O)N1. The number of ether oxygens (including phenoxy) is 3. The molecule has 4 rings (SSSR count). The summed E-state index contributed by atoms with van der Waals surface area (Å²) in [5.74, 6) is -3.14. The van der Waals surface area contributed by atoms with E-state index < -0.39 is 89.9 Å². The first-order chi connectivity index (χ1) is 19.4. The van der Waals surface area contributed by atoms with Crippen LogP contribution in [0.3, 0.4) is 0 Å². The number of aromatic amines is 1. The van der Waals surface area contributed by atoms with Gasteiger partial charge in [0.25, 0.3) is 11.5 Å². The van der Waals surface area contributed by atoms with E-state index in [1.54, 1.807) is 0 Å². The predicted molar refractivity (Wildman–Crippen MR) is 131 cm³/mol. The molecular formula is C23H31N5O13. The van der Waals surface area contributed by atoms with Crippen LogP contribution in [-0.2, 0) is 33.5 Å². The second kappa shape index (κ2) is 12.5. The summed E-state index contributed by atoms with van der Waals surface area (Å²) in [7, 11) is 0. The summed E-state index contributed by atoms with van der Waals surface area (Å²) in [5, 5.41) is 46.1. The summed E-state index contributed by atoms with van der Waals surface area (Å²) in [6.07, 6.45) is -10.8. The third-order valence-electron chi connectivity index (χ3n) is 6.91. The molecule has 0 aromatic carbocycles. The van der Waals surface area contributed by atoms with Gasteiger partial charge in [0.1, 0.15) is 30.5 Å². The maximum atomic E-state index is 12.9. The van der Waals surface area contributed by atoms with E-state index in [0.29, 0.717) is 19.3 Å². The van der Waals surface area contributed by atoms with E-state index >= 15 is 0 Å². The lowest BCUT2D eigenvalue weighted by molar-refractivity contribution is -0.310. The van der Waals surface area contributed by atoms with Gasteiger partial charge >= 0.3 is 5.69 Å². The number of amides is 3. The zero-order valence-electron chi connectivity index (χ0n) is 21.6. The van der Waals surface area contributed by atoms with Crippen molar-refractivity contribution in [3.05, 3.63) is 44.9 Å². The van der Waals surface area contributed by atoms with E-state index in [1.165, 1.54) is 0 Å². The van der Waals surface area contributed by atoms with Crippen molar-refractivity contribution in [3.8, 4) is 0 Å². The number of H-pyrrole nitrogens is 1. The smallest absolute Gasteiger partial charge is 0.330 e. The molecule has 3 amide bonds. The molecule has 0 radical (unpaired) electrons. The Balaban J connectivity index is 1.51. The van der Waals surface area contributed by atoms with Gasteiger partial charge in [0.2, 0.25) is 18.1 Å². The molecule has 0 bridgehead atoms. The molecule has 0 spiro atoms. The van der Waals surface area contributed by atoms with Crippen LogP contribution in [0.2, 0.25) is 0 Å². The Morgan fingerprint density at radius 3 is 2.59 bits per heavy atom. The van der Waals surface area contributed by atoms with E-state index in [1.807, 2.05) is 11.9 Å². The Labute approximate surface area is 230 Å². The van der Waals surface area contributed by atoms with Crippen LogP contribution in [0.15, 0.2) is 33.7 Å². The third-order valence-corrected chi connectivity index (χ3v) is 6.91. The van der Waals surface area contributed by atoms with Crippen molar-refractivity contribution < 1.29 is 54.1 Å². The topological polar surface area (TPSA) is 274 Å². The number of aliphatic hydroxyl groups is 3. The molecule has 2 fully saturated rings. The first-order valence-corrected chi connectivity index (χ1v) is 12.7. The standard InChI is InChI=1S/C23H31N5O13/c1-8-3-2-4-9(19(34)25-8)26-20(35)11-7-10(29)13(31)22(38-11)40-17(18(24)33)16-15(41-37)14(32)21(39-16)28-6-5-12(30)27-23(28)36/h5-10,13-17,21-22,29,31-32,37H,2-4H2,1H3,(H2,24,33)(H,25,34)(H,26,35)(H,27,30,36). The average Bonchev–Trinajstić information content (AvgIpc) is 3.14. The summed E-state index contributed by atoms with van der Waals surface area (Å²) < 4.78 is 17.2. The highest BCUT2D eigenvalue weighted by atomic mass is 17.1. The van der Waals surface area contributed by atoms with Crippen molar-refractivity contribution in [2.24, 2.45) is 5.73 Å². The maximum Gasteiger partial charge on any atom is 0.330 e. The van der Waals surface area contributed by atoms with Crippen molar-refractivity contribution >= 4 is 17.7 Å². The molecule has 2 saturated heterocycles. The molecule has 0 aliphatic carbocycles. The minimum absolute atomic E-state index is 0.0829. The Morgan fingerprint density at radius 2 is 1.93 bits per heavy atom. The van der Waals surface area contributed by atoms with Crippen LogP contribution in [0.25, 0.3) is 0 Å². The molecule has 4 heterocycles. The first-order valence-electron chi connectivity index (χ1n) is 12.7. The number of nitrogens with two attached hydrogens (primary N) is 1. The van der Waals surface area contributed by atoms with Gasteiger partial charge in [-0.25, -0.2) is 9.68 Å². The molecule has 18 heteroatoms. The van der Waals surface area contributed by atoms with E-state index in [0.717, 1.165) is 22.9 Å². The van der Waals surface area contributed by atoms with Crippen LogP contribution in [-0.4, -0.2) is 103 Å². The largest absolute Gasteiger partial charge is 0.456 e. The maximum absolute atomic E-state index is 12.9. The van der Waals surface area contributed by atoms with Gasteiger partial charge in [0, 0.05) is 18.3 Å². The van der Waals surface area contributed by atoms with Gasteiger partial charge in [-0.05, 0) is 32.3 Å². The molecule has 3 aliphatic rings. The minimum Gasteiger partial charge on any atom is -0.456 e. The van der Waals surface area contributed by atoms with Gasteiger partial charge in [0.05, 0.1) is 0 Å². The first kappa shape index (κ1) is 30.3. The number of rotatable bonds is 8. The quantitative estimate of drug-likeness (QED) is 0.106. The number of aromatic nitrogens is 2. The lowest BCUT2D eigenvalue weighted by Gasteiger charge is -2.35. The van der Waals surface area contributed by atoms with Crippen LogP contribution < -0.4 is 27.6 Å². The van der Waals surface area contributed by atoms with Crippen LogP contribution in [0.4, 0.5) is 0 Å². The molecule has 9 N–H and O–H groups in total. The zero-order chi connectivity index (χ0) is 30.0. The summed E-state index contributed by atoms with van der Waals surface area (Å²) in [4.78, 5) is 67.5. The fourth-order valence-corrected chi connectivity index (χ4v) is 4.78. The van der Waals surface area contributed by atoms with Crippen LogP contribution in [0.1, 0.15) is 32.4 Å². The molecule has 226 valence electrons. The lowest BCUT2D eigenvalue weighted by Crippen LogP contribution is -2.54. The van der Waals surface area contributed by atoms with Gasteiger partial charge in [-0.15, -0.1) is 0 Å². The average molecular weight is 586 g/mol. The number of carbonyl (C=O) groups excluding carboxylic acids is 3. The summed E-state index contributed by atoms with van der Waals surface area (Å²) >= 11 is 0. The third kappa shape index (κ3) is 6.48. The van der Waals surface area contributed by atoms with E-state index in [2.05, 4.69) is 15.5 Å². The highest BCUT2D eigenvalue weighted by molar-refractivity contribution is 5.95. The fourth-order valence-electron chi connectivity index (χ4n) is 4.78. The predicted octanol–water partition coefficient (Wildman–Crippen LogP) is -4.34. The number of nitrogens with one attached hydrogen (secondary N) is 3. The van der Waals surface area contributed by atoms with E-state index in [4.69, 9.17) is 19.9 Å². The van der Waals surface area contributed by atoms with Crippen molar-refractivity contribution in [1.82, 2.24) is 20.2 Å². The molecule has 18 nitrogen and oxygen atoms in total. The Hall–Kier alpha value is -3.65. The van der Waals surface area contributed by atoms with Gasteiger partial charge in [0.15, 0.2) is 24.2 Å². The van der Waals surface area contributed by atoms with Crippen molar-refractivity contribution in [2.75, 3.05) is 0 Å². The van der Waals surface area contributed by atoms with Gasteiger partial charge in [-0.2, -0.15) is 0 Å². The highest BCUT2D eigenvalue weighted by Gasteiger charge is 2.53. The van der Waals surface area contributed by atoms with Crippen molar-refractivity contribution in [3.63, 3.8) is 0 Å². The zero-order valence-corrected chi connectivity index (χ0v) is 21.6. The second-order valence-electron chi connectivity index (χ2n) is 9.89. The van der Waals surface area contributed by atoms with E-state index in [-0.39, 0.29) is 6.04 Å². The highest BCUT2D eigenvalue weighted by Crippen LogP contribution is 2.34. The Bertz CT molecular complexity index is 1300. The number of primary amides is 1. The molecule has 10 unspecified atom stereocenters. The van der Waals surface area contributed by atoms with Gasteiger partial charge < -0.3 is 45.9 Å². The lowest BCUT2D eigenvalue weighted by atomic mass is 10.0. The second-order valence-corrected chi connectivity index (χ2v) is 9.89. The normalized spacial score (nSPS) is 34.5. The molecule has 0 saturated carbocycles. The van der Waals surface area contributed by atoms with Crippen molar-refractivity contribution in [2.45, 2.75) is 87.4 Å². The molecule has 10 atom stereocenters. The number of aliphatic hydroxyl groups excluding tert-OH is 3. The molecular weight excluding hydrogens is 554 g/mol. The number of hydrogen-bond acceptors (Lipinski definition) is 13. The van der Waals surface area contributed by atoms with Crippen molar-refractivity contribution in [1.29, 1.82) is 0 Å². The number of carbonyl (C=O) groups is 3. The van der Waals surface area contributed by atoms with E-state index in [9.17, 15) is 44.5 Å². The van der Waals surface area contributed by atoms with Crippen LogP contribution in [0, 0.1) is 0 Å². The van der Waals surface area contributed by atoms with Crippen LogP contribution in [0.5, 0.6) is 0 Å². The molecule has 41 heavy (non-hydrogen) atoms. The Kier molecular flexibility index (Phi) is 9.22. The summed E-state index contributed by atoms with van der Waals surface area (Å²) in [6.45, 7) is 1.82. The number of hydrogen-bond donors (Lipinski definition) is 8. The van der Waals surface area contributed by atoms with Crippen LogP contribution >= 0.6 is 0 Å². The monoisotopic (exact) mass is 585 g/mol. The molecule has 1 aromatic rings. The summed E-state index contributed by atoms with van der Waals surface area (Å²) in [6, 6.07) is -0.0312.